The number of hydrogen-bond donors (Lipinski definition) is 3. The van der Waals surface area contributed by atoms with Crippen molar-refractivity contribution in [3.63, 3.8) is 0 Å². The van der Waals surface area contributed by atoms with Gasteiger partial charge in [0.2, 0.25) is 0 Å². The van der Waals surface area contributed by atoms with Gasteiger partial charge in [-0.1, -0.05) is 37.1 Å². The topological polar surface area (TPSA) is 51.9 Å². The van der Waals surface area contributed by atoms with Crippen molar-refractivity contribution in [2.45, 2.75) is 32.9 Å². The molecule has 2 aromatic carbocycles. The molecule has 0 spiro atoms. The number of nitrogens with one attached hydrogen (secondary N) is 2. The molecule has 0 bridgehead atoms. The second-order valence-electron chi connectivity index (χ2n) is 5.62. The summed E-state index contributed by atoms with van der Waals surface area (Å²) in [6, 6.07) is 13.3. The lowest BCUT2D eigenvalue weighted by Gasteiger charge is -2.06. The number of aromatic nitrogens is 2. The number of imidazole rings is 1. The summed E-state index contributed by atoms with van der Waals surface area (Å²) in [5.74, 6) is 1.19. The van der Waals surface area contributed by atoms with Crippen LogP contribution in [-0.4, -0.2) is 10.1 Å². The zero-order chi connectivity index (χ0) is 16.2. The molecule has 0 atom stereocenters. The number of para-hydroxylation sites is 2. The van der Waals surface area contributed by atoms with E-state index in [1.165, 1.54) is 5.52 Å². The first-order valence-electron chi connectivity index (χ1n) is 7.91. The third-order valence-electron chi connectivity index (χ3n) is 3.94. The number of aromatic hydroxyl groups is 1. The highest BCUT2D eigenvalue weighted by atomic mass is 35.5. The van der Waals surface area contributed by atoms with Crippen molar-refractivity contribution < 1.29 is 9.67 Å². The highest BCUT2D eigenvalue weighted by Crippen LogP contribution is 2.22. The molecular formula is C18H21ClN3O+. The molecule has 1 aromatic heterocycles. The number of rotatable bonds is 6. The average molecular weight is 331 g/mol. The fraction of sp³-hybridized carbons (Fsp3) is 0.278. The van der Waals surface area contributed by atoms with E-state index in [2.05, 4.69) is 33.9 Å². The fourth-order valence-corrected chi connectivity index (χ4v) is 2.89. The van der Waals surface area contributed by atoms with Gasteiger partial charge in [-0.2, -0.15) is 0 Å². The molecule has 23 heavy (non-hydrogen) atoms. The first kappa shape index (κ1) is 15.7. The van der Waals surface area contributed by atoms with Crippen LogP contribution in [0.1, 0.15) is 25.3 Å². The molecule has 0 radical (unpaired) electrons. The SMILES string of the molecule is CCCC[n+]1c(NCc2cc(Cl)ccc2O)[nH]c2ccccc21. The number of hydrogen-bond acceptors (Lipinski definition) is 2. The van der Waals surface area contributed by atoms with Crippen molar-refractivity contribution in [2.75, 3.05) is 5.32 Å². The number of aromatic amines is 1. The summed E-state index contributed by atoms with van der Waals surface area (Å²) in [5, 5.41) is 14.0. The predicted molar refractivity (Wildman–Crippen MR) is 93.8 cm³/mol. The molecule has 5 heteroatoms. The number of unbranched alkanes of at least 4 members (excludes halogenated alkanes) is 1. The van der Waals surface area contributed by atoms with Gasteiger partial charge < -0.3 is 5.11 Å². The van der Waals surface area contributed by atoms with Crippen molar-refractivity contribution in [3.05, 3.63) is 53.1 Å². The number of nitrogens with zero attached hydrogens (tertiary/aromatic N) is 1. The minimum Gasteiger partial charge on any atom is -0.508 e. The molecule has 0 aliphatic heterocycles. The van der Waals surface area contributed by atoms with Gasteiger partial charge in [0.25, 0.3) is 0 Å². The monoisotopic (exact) mass is 330 g/mol. The summed E-state index contributed by atoms with van der Waals surface area (Å²) in [6.45, 7) is 3.64. The van der Waals surface area contributed by atoms with E-state index in [0.29, 0.717) is 11.6 Å². The summed E-state index contributed by atoms with van der Waals surface area (Å²) >= 11 is 6.01. The van der Waals surface area contributed by atoms with Gasteiger partial charge in [0.15, 0.2) is 0 Å². The summed E-state index contributed by atoms with van der Waals surface area (Å²) in [5.41, 5.74) is 3.05. The van der Waals surface area contributed by atoms with E-state index in [1.54, 1.807) is 18.2 Å². The Labute approximate surface area is 140 Å². The molecule has 0 amide bonds. The Morgan fingerprint density at radius 3 is 2.87 bits per heavy atom. The lowest BCUT2D eigenvalue weighted by molar-refractivity contribution is -0.657. The number of anilines is 1. The number of phenolic OH excluding ortho intramolecular Hbond substituents is 1. The zero-order valence-electron chi connectivity index (χ0n) is 13.1. The Morgan fingerprint density at radius 2 is 2.04 bits per heavy atom. The first-order chi connectivity index (χ1) is 11.2. The Balaban J connectivity index is 1.88. The number of aryl methyl sites for hydroxylation is 1. The number of phenols is 1. The molecule has 120 valence electrons. The minimum absolute atomic E-state index is 0.248. The van der Waals surface area contributed by atoms with E-state index < -0.39 is 0 Å². The fourth-order valence-electron chi connectivity index (χ4n) is 2.69. The third kappa shape index (κ3) is 3.42. The molecule has 0 aliphatic carbocycles. The first-order valence-corrected chi connectivity index (χ1v) is 8.28. The smallest absolute Gasteiger partial charge is 0.356 e. The molecule has 4 nitrogen and oxygen atoms in total. The molecule has 1 heterocycles. The summed E-state index contributed by atoms with van der Waals surface area (Å²) in [7, 11) is 0. The number of halogens is 1. The highest BCUT2D eigenvalue weighted by Gasteiger charge is 2.17. The van der Waals surface area contributed by atoms with Crippen LogP contribution >= 0.6 is 11.6 Å². The number of fused-ring (bicyclic) bond motifs is 1. The van der Waals surface area contributed by atoms with Crippen molar-refractivity contribution in [2.24, 2.45) is 0 Å². The third-order valence-corrected chi connectivity index (χ3v) is 4.18. The van der Waals surface area contributed by atoms with E-state index in [9.17, 15) is 5.11 Å². The largest absolute Gasteiger partial charge is 0.508 e. The van der Waals surface area contributed by atoms with E-state index in [4.69, 9.17) is 11.6 Å². The zero-order valence-corrected chi connectivity index (χ0v) is 13.9. The van der Waals surface area contributed by atoms with Gasteiger partial charge in [-0.15, -0.1) is 0 Å². The second kappa shape index (κ2) is 6.92. The Bertz CT molecular complexity index is 813. The van der Waals surface area contributed by atoms with Gasteiger partial charge in [0.1, 0.15) is 16.8 Å². The highest BCUT2D eigenvalue weighted by molar-refractivity contribution is 6.30. The van der Waals surface area contributed by atoms with Crippen LogP contribution in [0.3, 0.4) is 0 Å². The lowest BCUT2D eigenvalue weighted by Crippen LogP contribution is -2.36. The maximum atomic E-state index is 9.95. The molecule has 0 fully saturated rings. The molecule has 3 rings (SSSR count). The maximum absolute atomic E-state index is 9.95. The van der Waals surface area contributed by atoms with Crippen molar-refractivity contribution >= 4 is 28.6 Å². The van der Waals surface area contributed by atoms with Crippen LogP contribution in [-0.2, 0) is 13.1 Å². The van der Waals surface area contributed by atoms with Gasteiger partial charge in [0, 0.05) is 10.6 Å². The normalized spacial score (nSPS) is 11.0. The van der Waals surface area contributed by atoms with Crippen LogP contribution in [0.4, 0.5) is 5.95 Å². The molecule has 3 N–H and O–H groups in total. The predicted octanol–water partition coefficient (Wildman–Crippen LogP) is 4.23. The summed E-state index contributed by atoms with van der Waals surface area (Å²) in [4.78, 5) is 3.41. The van der Waals surface area contributed by atoms with Crippen LogP contribution in [0.5, 0.6) is 5.75 Å². The lowest BCUT2D eigenvalue weighted by atomic mass is 10.2. The molecule has 0 saturated carbocycles. The van der Waals surface area contributed by atoms with Gasteiger partial charge in [-0.25, -0.2) is 9.55 Å². The van der Waals surface area contributed by atoms with Gasteiger partial charge in [0.05, 0.1) is 13.1 Å². The Morgan fingerprint density at radius 1 is 1.22 bits per heavy atom. The van der Waals surface area contributed by atoms with Crippen LogP contribution in [0.2, 0.25) is 5.02 Å². The van der Waals surface area contributed by atoms with E-state index in [0.717, 1.165) is 36.4 Å². The van der Waals surface area contributed by atoms with Crippen LogP contribution in [0.15, 0.2) is 42.5 Å². The standard InChI is InChI=1S/C18H20ClN3O/c1-2-3-10-22-16-7-5-4-6-15(16)21-18(22)20-12-13-11-14(19)8-9-17(13)23/h4-9,11H,2-3,10,12H2,1H3,(H2,20,21,23)/p+1. The van der Waals surface area contributed by atoms with Crippen LogP contribution in [0.25, 0.3) is 11.0 Å². The Kier molecular flexibility index (Phi) is 4.72. The van der Waals surface area contributed by atoms with Gasteiger partial charge in [-0.05, 0) is 36.8 Å². The van der Waals surface area contributed by atoms with Crippen molar-refractivity contribution in [3.8, 4) is 5.75 Å². The second-order valence-corrected chi connectivity index (χ2v) is 6.06. The quantitative estimate of drug-likeness (QED) is 0.592. The van der Waals surface area contributed by atoms with Crippen LogP contribution in [0, 0.1) is 0 Å². The number of H-pyrrole nitrogens is 1. The molecular weight excluding hydrogens is 310 g/mol. The Hall–Kier alpha value is -2.20. The average Bonchev–Trinajstić information content (AvgIpc) is 2.91. The van der Waals surface area contributed by atoms with Gasteiger partial charge in [-0.3, -0.25) is 5.32 Å². The van der Waals surface area contributed by atoms with Crippen molar-refractivity contribution in [1.29, 1.82) is 0 Å². The molecule has 0 aliphatic rings. The molecule has 3 aromatic rings. The van der Waals surface area contributed by atoms with E-state index in [-0.39, 0.29) is 5.75 Å². The van der Waals surface area contributed by atoms with Crippen LogP contribution < -0.4 is 9.88 Å². The summed E-state index contributed by atoms with van der Waals surface area (Å²) in [6.07, 6.45) is 2.25. The maximum Gasteiger partial charge on any atom is 0.356 e. The molecule has 0 unspecified atom stereocenters. The summed E-state index contributed by atoms with van der Waals surface area (Å²) < 4.78 is 2.25. The molecule has 0 saturated heterocycles. The van der Waals surface area contributed by atoms with E-state index >= 15 is 0 Å². The number of benzene rings is 2. The minimum atomic E-state index is 0.248. The van der Waals surface area contributed by atoms with E-state index in [1.807, 2.05) is 12.1 Å². The van der Waals surface area contributed by atoms with Gasteiger partial charge >= 0.3 is 5.95 Å². The van der Waals surface area contributed by atoms with Crippen molar-refractivity contribution in [1.82, 2.24) is 4.98 Å².